The molecule has 0 atom stereocenters. The lowest BCUT2D eigenvalue weighted by molar-refractivity contribution is 0.378. The number of aromatic nitrogens is 2. The molecule has 1 heterocycles. The van der Waals surface area contributed by atoms with E-state index in [1.165, 1.54) is 0 Å². The van der Waals surface area contributed by atoms with Crippen molar-refractivity contribution in [1.82, 2.24) is 10.1 Å². The summed E-state index contributed by atoms with van der Waals surface area (Å²) in [6.45, 7) is 0. The van der Waals surface area contributed by atoms with Crippen LogP contribution in [0.25, 0.3) is 11.4 Å². The summed E-state index contributed by atoms with van der Waals surface area (Å²) >= 11 is 3.37. The molecule has 2 aromatic rings. The Hall–Kier alpha value is -1.36. The van der Waals surface area contributed by atoms with Crippen LogP contribution < -0.4 is 4.74 Å². The van der Waals surface area contributed by atoms with E-state index in [-0.39, 0.29) is 0 Å². The number of hydrogen-bond acceptors (Lipinski definition) is 4. The van der Waals surface area contributed by atoms with Crippen molar-refractivity contribution in [3.8, 4) is 17.1 Å². The van der Waals surface area contributed by atoms with Crippen molar-refractivity contribution in [3.05, 3.63) is 30.2 Å². The smallest absolute Gasteiger partial charge is 0.226 e. The van der Waals surface area contributed by atoms with Gasteiger partial charge in [0.15, 0.2) is 0 Å². The van der Waals surface area contributed by atoms with Crippen LogP contribution in [0.5, 0.6) is 5.75 Å². The molecule has 0 unspecified atom stereocenters. The summed E-state index contributed by atoms with van der Waals surface area (Å²) in [5, 5.41) is 4.89. The lowest BCUT2D eigenvalue weighted by atomic mass is 10.2. The van der Waals surface area contributed by atoms with Crippen LogP contribution >= 0.6 is 15.9 Å². The Bertz CT molecular complexity index is 468. The summed E-state index contributed by atoms with van der Waals surface area (Å²) in [4.78, 5) is 4.33. The number of alkyl halides is 1. The molecule has 1 aromatic carbocycles. The van der Waals surface area contributed by atoms with Gasteiger partial charge < -0.3 is 9.26 Å². The summed E-state index contributed by atoms with van der Waals surface area (Å²) in [5.41, 5.74) is 0.930. The van der Waals surface area contributed by atoms with E-state index < -0.39 is 0 Å². The van der Waals surface area contributed by atoms with Crippen molar-refractivity contribution < 1.29 is 9.26 Å². The maximum Gasteiger partial charge on any atom is 0.226 e. The van der Waals surface area contributed by atoms with E-state index in [0.29, 0.717) is 11.7 Å². The summed E-state index contributed by atoms with van der Waals surface area (Å²) in [6, 6.07) is 7.59. The molecule has 17 heavy (non-hydrogen) atoms. The van der Waals surface area contributed by atoms with Crippen LogP contribution in [0.15, 0.2) is 28.8 Å². The highest BCUT2D eigenvalue weighted by atomic mass is 79.9. The summed E-state index contributed by atoms with van der Waals surface area (Å²) in [7, 11) is 1.64. The molecule has 0 aliphatic heterocycles. The minimum absolute atomic E-state index is 0.622. The fourth-order valence-electron chi connectivity index (χ4n) is 1.43. The maximum atomic E-state index is 5.16. The highest BCUT2D eigenvalue weighted by Gasteiger charge is 2.08. The Labute approximate surface area is 108 Å². The maximum absolute atomic E-state index is 5.16. The fraction of sp³-hybridized carbons (Fsp3) is 0.333. The molecule has 0 spiro atoms. The van der Waals surface area contributed by atoms with E-state index in [9.17, 15) is 0 Å². The van der Waals surface area contributed by atoms with E-state index >= 15 is 0 Å². The Morgan fingerprint density at radius 1 is 1.29 bits per heavy atom. The molecular weight excluding hydrogens is 284 g/mol. The van der Waals surface area contributed by atoms with Crippen molar-refractivity contribution in [2.75, 3.05) is 12.4 Å². The zero-order chi connectivity index (χ0) is 12.1. The molecule has 0 saturated carbocycles. The van der Waals surface area contributed by atoms with Gasteiger partial charge in [-0.3, -0.25) is 0 Å². The van der Waals surface area contributed by atoms with Crippen LogP contribution in [0.4, 0.5) is 0 Å². The van der Waals surface area contributed by atoms with Crippen LogP contribution in [0.3, 0.4) is 0 Å². The summed E-state index contributed by atoms with van der Waals surface area (Å²) in [6.07, 6.45) is 1.79. The Kier molecular flexibility index (Phi) is 4.14. The Morgan fingerprint density at radius 2 is 2.06 bits per heavy atom. The zero-order valence-electron chi connectivity index (χ0n) is 9.52. The summed E-state index contributed by atoms with van der Waals surface area (Å²) < 4.78 is 10.3. The number of methoxy groups -OCH3 is 1. The average Bonchev–Trinajstić information content (AvgIpc) is 2.85. The first-order chi connectivity index (χ1) is 8.33. The number of hydrogen-bond donors (Lipinski definition) is 0. The van der Waals surface area contributed by atoms with Crippen LogP contribution in [-0.2, 0) is 6.42 Å². The van der Waals surface area contributed by atoms with Crippen molar-refractivity contribution >= 4 is 15.9 Å². The van der Waals surface area contributed by atoms with Gasteiger partial charge in [0.05, 0.1) is 7.11 Å². The standard InChI is InChI=1S/C12H13BrN2O2/c1-16-10-6-4-9(5-7-10)12-14-11(17-15-12)3-2-8-13/h4-7H,2-3,8H2,1H3. The first kappa shape index (κ1) is 12.1. The first-order valence-electron chi connectivity index (χ1n) is 5.36. The zero-order valence-corrected chi connectivity index (χ0v) is 11.1. The highest BCUT2D eigenvalue weighted by Crippen LogP contribution is 2.19. The summed E-state index contributed by atoms with van der Waals surface area (Å²) in [5.74, 6) is 2.12. The number of rotatable bonds is 5. The number of ether oxygens (including phenoxy) is 1. The van der Waals surface area contributed by atoms with Crippen LogP contribution in [0.2, 0.25) is 0 Å². The second kappa shape index (κ2) is 5.82. The monoisotopic (exact) mass is 296 g/mol. The predicted octanol–water partition coefficient (Wildman–Crippen LogP) is 3.07. The van der Waals surface area contributed by atoms with Gasteiger partial charge in [0.1, 0.15) is 5.75 Å². The van der Waals surface area contributed by atoms with Crippen molar-refractivity contribution in [2.24, 2.45) is 0 Å². The molecule has 0 aliphatic carbocycles. The SMILES string of the molecule is COc1ccc(-c2noc(CCCBr)n2)cc1. The predicted molar refractivity (Wildman–Crippen MR) is 68.4 cm³/mol. The van der Waals surface area contributed by atoms with E-state index in [4.69, 9.17) is 9.26 Å². The molecular formula is C12H13BrN2O2. The van der Waals surface area contributed by atoms with Crippen LogP contribution in [0.1, 0.15) is 12.3 Å². The highest BCUT2D eigenvalue weighted by molar-refractivity contribution is 9.09. The minimum Gasteiger partial charge on any atom is -0.497 e. The first-order valence-corrected chi connectivity index (χ1v) is 6.48. The van der Waals surface area contributed by atoms with Gasteiger partial charge in [0, 0.05) is 17.3 Å². The van der Waals surface area contributed by atoms with Gasteiger partial charge in [-0.15, -0.1) is 0 Å². The molecule has 1 aromatic heterocycles. The van der Waals surface area contributed by atoms with Gasteiger partial charge in [0.25, 0.3) is 0 Å². The quantitative estimate of drug-likeness (QED) is 0.796. The topological polar surface area (TPSA) is 48.2 Å². The Morgan fingerprint density at radius 3 is 2.71 bits per heavy atom. The van der Waals surface area contributed by atoms with Crippen LogP contribution in [0, 0.1) is 0 Å². The van der Waals surface area contributed by atoms with Gasteiger partial charge in [-0.2, -0.15) is 4.98 Å². The normalized spacial score (nSPS) is 10.5. The van der Waals surface area contributed by atoms with E-state index in [0.717, 1.165) is 29.5 Å². The third-order valence-corrected chi connectivity index (χ3v) is 2.90. The minimum atomic E-state index is 0.622. The molecule has 0 N–H and O–H groups in total. The molecule has 0 bridgehead atoms. The van der Waals surface area contributed by atoms with Crippen molar-refractivity contribution in [3.63, 3.8) is 0 Å². The second-order valence-electron chi connectivity index (χ2n) is 3.53. The third kappa shape index (κ3) is 3.06. The number of benzene rings is 1. The van der Waals surface area contributed by atoms with Crippen molar-refractivity contribution in [2.45, 2.75) is 12.8 Å². The Balaban J connectivity index is 2.12. The third-order valence-electron chi connectivity index (χ3n) is 2.34. The van der Waals surface area contributed by atoms with Gasteiger partial charge in [0.2, 0.25) is 11.7 Å². The molecule has 0 aliphatic rings. The van der Waals surface area contributed by atoms with Gasteiger partial charge in [-0.05, 0) is 30.7 Å². The van der Waals surface area contributed by atoms with E-state index in [1.54, 1.807) is 7.11 Å². The molecule has 0 fully saturated rings. The number of halogens is 1. The lowest BCUT2D eigenvalue weighted by Gasteiger charge is -1.98. The second-order valence-corrected chi connectivity index (χ2v) is 4.33. The average molecular weight is 297 g/mol. The largest absolute Gasteiger partial charge is 0.497 e. The number of nitrogens with zero attached hydrogens (tertiary/aromatic N) is 2. The molecule has 4 nitrogen and oxygen atoms in total. The fourth-order valence-corrected chi connectivity index (χ4v) is 1.71. The number of aryl methyl sites for hydroxylation is 1. The van der Waals surface area contributed by atoms with Crippen LogP contribution in [-0.4, -0.2) is 22.6 Å². The van der Waals surface area contributed by atoms with Crippen molar-refractivity contribution in [1.29, 1.82) is 0 Å². The van der Waals surface area contributed by atoms with Gasteiger partial charge in [-0.25, -0.2) is 0 Å². The lowest BCUT2D eigenvalue weighted by Crippen LogP contribution is -1.87. The molecule has 5 heteroatoms. The van der Waals surface area contributed by atoms with Gasteiger partial charge in [-0.1, -0.05) is 21.1 Å². The molecule has 0 radical (unpaired) electrons. The van der Waals surface area contributed by atoms with E-state index in [1.807, 2.05) is 24.3 Å². The molecule has 0 saturated heterocycles. The molecule has 90 valence electrons. The molecule has 2 rings (SSSR count). The molecule has 0 amide bonds. The van der Waals surface area contributed by atoms with Gasteiger partial charge >= 0.3 is 0 Å². The van der Waals surface area contributed by atoms with E-state index in [2.05, 4.69) is 26.1 Å².